The fourth-order valence-electron chi connectivity index (χ4n) is 3.06. The molecule has 0 aliphatic carbocycles. The molecule has 6 heteroatoms. The summed E-state index contributed by atoms with van der Waals surface area (Å²) in [5, 5.41) is 6.54. The Hall–Kier alpha value is -2.89. The molecule has 0 saturated carbocycles. The van der Waals surface area contributed by atoms with Gasteiger partial charge in [0, 0.05) is 5.02 Å². The topological polar surface area (TPSA) is 41.9 Å². The second-order valence-corrected chi connectivity index (χ2v) is 8.09. The Bertz CT molecular complexity index is 1140. The van der Waals surface area contributed by atoms with Crippen molar-refractivity contribution in [2.45, 2.75) is 13.5 Å². The molecule has 1 amide bonds. The van der Waals surface area contributed by atoms with Gasteiger partial charge in [-0.25, -0.2) is 0 Å². The van der Waals surface area contributed by atoms with Gasteiger partial charge >= 0.3 is 0 Å². The quantitative estimate of drug-likeness (QED) is 0.391. The van der Waals surface area contributed by atoms with Gasteiger partial charge in [-0.2, -0.15) is 10.1 Å². The molecule has 3 aromatic rings. The predicted octanol–water partition coefficient (Wildman–Crippen LogP) is 6.49. The van der Waals surface area contributed by atoms with Crippen LogP contribution in [0.1, 0.15) is 18.1 Å². The number of amides is 1. The average Bonchev–Trinajstić information content (AvgIpc) is 3.03. The number of para-hydroxylation sites is 1. The third-order valence-electron chi connectivity index (χ3n) is 4.64. The molecular weight excluding hydrogens is 464 g/mol. The highest BCUT2D eigenvalue weighted by Gasteiger charge is 2.28. The number of nitrogens with zero attached hydrogens (tertiary/aromatic N) is 2. The van der Waals surface area contributed by atoms with Gasteiger partial charge in [-0.1, -0.05) is 48.0 Å². The van der Waals surface area contributed by atoms with Gasteiger partial charge in [-0.3, -0.25) is 4.79 Å². The highest BCUT2D eigenvalue weighted by atomic mass is 79.9. The Morgan fingerprint density at radius 3 is 2.50 bits per heavy atom. The van der Waals surface area contributed by atoms with Crippen molar-refractivity contribution in [2.75, 3.05) is 5.01 Å². The number of halogens is 2. The van der Waals surface area contributed by atoms with Crippen molar-refractivity contribution in [1.29, 1.82) is 0 Å². The van der Waals surface area contributed by atoms with E-state index < -0.39 is 0 Å². The maximum Gasteiger partial charge on any atom is 0.280 e. The van der Waals surface area contributed by atoms with Crippen LogP contribution in [0.2, 0.25) is 5.02 Å². The molecule has 0 aromatic heterocycles. The summed E-state index contributed by atoms with van der Waals surface area (Å²) < 4.78 is 6.71. The van der Waals surface area contributed by atoms with Crippen molar-refractivity contribution in [1.82, 2.24) is 0 Å². The maximum atomic E-state index is 12.9. The third-order valence-corrected chi connectivity index (χ3v) is 5.51. The molecule has 4 nitrogen and oxygen atoms in total. The number of hydrogen-bond acceptors (Lipinski definition) is 3. The van der Waals surface area contributed by atoms with E-state index in [0.29, 0.717) is 22.9 Å². The Kier molecular flexibility index (Phi) is 6.02. The van der Waals surface area contributed by atoms with Gasteiger partial charge < -0.3 is 4.74 Å². The number of carbonyl (C=O) groups is 1. The normalized spacial score (nSPS) is 14.9. The van der Waals surface area contributed by atoms with Gasteiger partial charge in [0.1, 0.15) is 12.4 Å². The molecule has 30 heavy (non-hydrogen) atoms. The fourth-order valence-corrected chi connectivity index (χ4v) is 3.70. The monoisotopic (exact) mass is 480 g/mol. The van der Waals surface area contributed by atoms with Gasteiger partial charge in [0.25, 0.3) is 5.91 Å². The Morgan fingerprint density at radius 1 is 1.07 bits per heavy atom. The first-order valence-electron chi connectivity index (χ1n) is 9.35. The Balaban J connectivity index is 1.50. The van der Waals surface area contributed by atoms with E-state index in [0.717, 1.165) is 27.0 Å². The van der Waals surface area contributed by atoms with Crippen LogP contribution in [0.3, 0.4) is 0 Å². The van der Waals surface area contributed by atoms with E-state index in [1.807, 2.05) is 85.8 Å². The number of benzene rings is 3. The average molecular weight is 482 g/mol. The van der Waals surface area contributed by atoms with E-state index in [4.69, 9.17) is 16.3 Å². The summed E-state index contributed by atoms with van der Waals surface area (Å²) in [6.07, 6.45) is 1.85. The van der Waals surface area contributed by atoms with Crippen molar-refractivity contribution < 1.29 is 9.53 Å². The van der Waals surface area contributed by atoms with E-state index in [1.165, 1.54) is 5.01 Å². The van der Waals surface area contributed by atoms with Crippen molar-refractivity contribution >= 4 is 50.9 Å². The summed E-state index contributed by atoms with van der Waals surface area (Å²) in [5.41, 5.74) is 3.91. The van der Waals surface area contributed by atoms with Gasteiger partial charge in [0.15, 0.2) is 0 Å². The molecular formula is C24H18BrClN2O2. The lowest BCUT2D eigenvalue weighted by Crippen LogP contribution is -2.21. The highest BCUT2D eigenvalue weighted by molar-refractivity contribution is 9.10. The molecule has 0 spiro atoms. The van der Waals surface area contributed by atoms with Crippen molar-refractivity contribution in [3.63, 3.8) is 0 Å². The number of hydrogen-bond donors (Lipinski definition) is 0. The molecule has 0 radical (unpaired) electrons. The van der Waals surface area contributed by atoms with E-state index in [2.05, 4.69) is 21.0 Å². The van der Waals surface area contributed by atoms with Crippen LogP contribution in [-0.2, 0) is 11.4 Å². The maximum absolute atomic E-state index is 12.9. The largest absolute Gasteiger partial charge is 0.488 e. The zero-order valence-electron chi connectivity index (χ0n) is 16.2. The third kappa shape index (κ3) is 4.48. The molecule has 0 fully saturated rings. The molecule has 150 valence electrons. The molecule has 0 saturated heterocycles. The van der Waals surface area contributed by atoms with E-state index in [1.54, 1.807) is 0 Å². The Morgan fingerprint density at radius 2 is 1.80 bits per heavy atom. The fraction of sp³-hybridized carbons (Fsp3) is 0.0833. The molecule has 0 unspecified atom stereocenters. The van der Waals surface area contributed by atoms with Crippen LogP contribution >= 0.6 is 27.5 Å². The van der Waals surface area contributed by atoms with Gasteiger partial charge in [-0.15, -0.1) is 0 Å². The summed E-state index contributed by atoms with van der Waals surface area (Å²) >= 11 is 9.48. The molecule has 1 aliphatic rings. The van der Waals surface area contributed by atoms with Crippen LogP contribution < -0.4 is 9.75 Å². The molecule has 1 heterocycles. The second-order valence-electron chi connectivity index (χ2n) is 6.80. The minimum Gasteiger partial charge on any atom is -0.488 e. The van der Waals surface area contributed by atoms with Crippen molar-refractivity contribution in [3.8, 4) is 5.75 Å². The summed E-state index contributed by atoms with van der Waals surface area (Å²) in [7, 11) is 0. The first-order chi connectivity index (χ1) is 14.5. The first-order valence-corrected chi connectivity index (χ1v) is 10.5. The lowest BCUT2D eigenvalue weighted by Gasteiger charge is -2.11. The highest BCUT2D eigenvalue weighted by Crippen LogP contribution is 2.29. The van der Waals surface area contributed by atoms with Crippen LogP contribution in [0.15, 0.2) is 87.9 Å². The van der Waals surface area contributed by atoms with Crippen molar-refractivity contribution in [2.24, 2.45) is 5.10 Å². The van der Waals surface area contributed by atoms with Gasteiger partial charge in [0.05, 0.1) is 21.4 Å². The summed E-state index contributed by atoms with van der Waals surface area (Å²) in [6, 6.07) is 22.7. The van der Waals surface area contributed by atoms with Crippen molar-refractivity contribution in [3.05, 3.63) is 99.0 Å². The smallest absolute Gasteiger partial charge is 0.280 e. The van der Waals surface area contributed by atoms with E-state index in [9.17, 15) is 4.79 Å². The van der Waals surface area contributed by atoms with Crippen LogP contribution in [0, 0.1) is 0 Å². The first kappa shape index (κ1) is 20.4. The predicted molar refractivity (Wildman–Crippen MR) is 125 cm³/mol. The Labute approximate surface area is 188 Å². The lowest BCUT2D eigenvalue weighted by molar-refractivity contribution is -0.114. The minimum absolute atomic E-state index is 0.141. The van der Waals surface area contributed by atoms with Crippen LogP contribution in [-0.4, -0.2) is 11.6 Å². The van der Waals surface area contributed by atoms with Gasteiger partial charge in [-0.05, 0) is 76.5 Å². The summed E-state index contributed by atoms with van der Waals surface area (Å²) in [6.45, 7) is 2.28. The number of ether oxygens (including phenoxy) is 1. The van der Waals surface area contributed by atoms with Crippen LogP contribution in [0.25, 0.3) is 6.08 Å². The number of anilines is 1. The molecule has 0 N–H and O–H groups in total. The standard InChI is InChI=1S/C24H18BrClN2O2/c1-16-21(24(29)28(27-16)20-5-3-2-4-6-20)13-18-9-12-23(22(25)14-18)30-15-17-7-10-19(26)11-8-17/h2-14H,15H2,1H3/b21-13+. The molecule has 4 rings (SSSR count). The van der Waals surface area contributed by atoms with E-state index in [-0.39, 0.29) is 5.91 Å². The SMILES string of the molecule is CC1=NN(c2ccccc2)C(=O)/C1=C/c1ccc(OCc2ccc(Cl)cc2)c(Br)c1. The molecule has 1 aliphatic heterocycles. The van der Waals surface area contributed by atoms with Gasteiger partial charge in [0.2, 0.25) is 0 Å². The number of rotatable bonds is 5. The molecule has 0 bridgehead atoms. The van der Waals surface area contributed by atoms with E-state index >= 15 is 0 Å². The number of carbonyl (C=O) groups excluding carboxylic acids is 1. The summed E-state index contributed by atoms with van der Waals surface area (Å²) in [4.78, 5) is 12.9. The second kappa shape index (κ2) is 8.86. The zero-order valence-corrected chi connectivity index (χ0v) is 18.5. The summed E-state index contributed by atoms with van der Waals surface area (Å²) in [5.74, 6) is 0.582. The van der Waals surface area contributed by atoms with Crippen LogP contribution in [0.5, 0.6) is 5.75 Å². The van der Waals surface area contributed by atoms with Crippen LogP contribution in [0.4, 0.5) is 5.69 Å². The number of hydrazone groups is 1. The molecule has 0 atom stereocenters. The lowest BCUT2D eigenvalue weighted by atomic mass is 10.1. The molecule has 3 aromatic carbocycles. The minimum atomic E-state index is -0.141. The zero-order chi connectivity index (χ0) is 21.1.